The molecule has 0 amide bonds. The number of carboxylic acid groups (broad SMARTS) is 1. The number of hydrogen-bond donors (Lipinski definition) is 3. The van der Waals surface area contributed by atoms with Crippen LogP contribution < -0.4 is 11.5 Å². The van der Waals surface area contributed by atoms with Gasteiger partial charge in [0.05, 0.1) is 0 Å². The third-order valence-corrected chi connectivity index (χ3v) is 2.16. The van der Waals surface area contributed by atoms with Crippen LogP contribution >= 0.6 is 0 Å². The SMILES string of the molecule is CC(=O)O.Nc1ccc(N)c(-c2ccccc2)c1. The number of carboxylic acids is 1. The Balaban J connectivity index is 0.000000357. The Labute approximate surface area is 106 Å². The molecule has 0 aliphatic heterocycles. The first-order valence-corrected chi connectivity index (χ1v) is 5.40. The van der Waals surface area contributed by atoms with E-state index in [0.29, 0.717) is 0 Å². The van der Waals surface area contributed by atoms with Crippen LogP contribution in [0.3, 0.4) is 0 Å². The molecule has 0 spiro atoms. The van der Waals surface area contributed by atoms with E-state index >= 15 is 0 Å². The standard InChI is InChI=1S/C12H12N2.C2H4O2/c13-10-6-7-12(14)11(8-10)9-4-2-1-3-5-9;1-2(3)4/h1-8H,13-14H2;1H3,(H,3,4). The highest BCUT2D eigenvalue weighted by atomic mass is 16.4. The lowest BCUT2D eigenvalue weighted by Gasteiger charge is -2.06. The largest absolute Gasteiger partial charge is 0.481 e. The van der Waals surface area contributed by atoms with E-state index in [4.69, 9.17) is 21.4 Å². The van der Waals surface area contributed by atoms with Crippen LogP contribution in [0.4, 0.5) is 11.4 Å². The monoisotopic (exact) mass is 244 g/mol. The number of benzene rings is 2. The minimum Gasteiger partial charge on any atom is -0.481 e. The van der Waals surface area contributed by atoms with Crippen LogP contribution in [0.15, 0.2) is 48.5 Å². The number of aliphatic carboxylic acids is 1. The second-order valence-corrected chi connectivity index (χ2v) is 3.73. The van der Waals surface area contributed by atoms with Crippen LogP contribution in [0.25, 0.3) is 11.1 Å². The topological polar surface area (TPSA) is 89.3 Å². The molecule has 5 N–H and O–H groups in total. The Hall–Kier alpha value is -2.49. The Kier molecular flexibility index (Phi) is 4.75. The van der Waals surface area contributed by atoms with Crippen LogP contribution in [0.5, 0.6) is 0 Å². The van der Waals surface area contributed by atoms with Crippen LogP contribution in [-0.2, 0) is 4.79 Å². The Morgan fingerprint density at radius 3 is 2.17 bits per heavy atom. The van der Waals surface area contributed by atoms with Gasteiger partial charge in [-0.1, -0.05) is 30.3 Å². The maximum atomic E-state index is 9.00. The summed E-state index contributed by atoms with van der Waals surface area (Å²) in [7, 11) is 0. The van der Waals surface area contributed by atoms with Gasteiger partial charge in [0.15, 0.2) is 0 Å². The van der Waals surface area contributed by atoms with Crippen molar-refractivity contribution in [3.8, 4) is 11.1 Å². The molecular weight excluding hydrogens is 228 g/mol. The van der Waals surface area contributed by atoms with Crippen LogP contribution in [0.1, 0.15) is 6.92 Å². The second-order valence-electron chi connectivity index (χ2n) is 3.73. The average molecular weight is 244 g/mol. The molecule has 0 unspecified atom stereocenters. The fourth-order valence-electron chi connectivity index (χ4n) is 1.44. The van der Waals surface area contributed by atoms with E-state index in [1.54, 1.807) is 0 Å². The van der Waals surface area contributed by atoms with Crippen LogP contribution in [0.2, 0.25) is 0 Å². The molecule has 94 valence electrons. The van der Waals surface area contributed by atoms with Gasteiger partial charge in [0.2, 0.25) is 0 Å². The number of nitrogen functional groups attached to an aromatic ring is 2. The molecular formula is C14H16N2O2. The van der Waals surface area contributed by atoms with Crippen LogP contribution in [0, 0.1) is 0 Å². The fourth-order valence-corrected chi connectivity index (χ4v) is 1.44. The molecule has 0 bridgehead atoms. The lowest BCUT2D eigenvalue weighted by atomic mass is 10.0. The van der Waals surface area contributed by atoms with E-state index in [1.807, 2.05) is 48.5 Å². The molecule has 0 aliphatic carbocycles. The Morgan fingerprint density at radius 2 is 1.61 bits per heavy atom. The third-order valence-electron chi connectivity index (χ3n) is 2.16. The van der Waals surface area contributed by atoms with E-state index in [0.717, 1.165) is 29.4 Å². The van der Waals surface area contributed by atoms with Crippen molar-refractivity contribution in [2.45, 2.75) is 6.92 Å². The van der Waals surface area contributed by atoms with Gasteiger partial charge in [0.25, 0.3) is 5.97 Å². The highest BCUT2D eigenvalue weighted by molar-refractivity contribution is 5.79. The zero-order chi connectivity index (χ0) is 13.5. The molecule has 0 fully saturated rings. The highest BCUT2D eigenvalue weighted by Crippen LogP contribution is 2.27. The minimum atomic E-state index is -0.833. The van der Waals surface area contributed by atoms with Gasteiger partial charge < -0.3 is 16.6 Å². The van der Waals surface area contributed by atoms with Crippen molar-refractivity contribution in [3.05, 3.63) is 48.5 Å². The molecule has 2 aromatic carbocycles. The molecule has 18 heavy (non-hydrogen) atoms. The molecule has 4 heteroatoms. The molecule has 0 saturated heterocycles. The van der Waals surface area contributed by atoms with Crippen molar-refractivity contribution in [2.24, 2.45) is 0 Å². The maximum absolute atomic E-state index is 9.00. The third kappa shape index (κ3) is 4.17. The molecule has 2 rings (SSSR count). The zero-order valence-electron chi connectivity index (χ0n) is 10.1. The van der Waals surface area contributed by atoms with Gasteiger partial charge in [-0.05, 0) is 23.8 Å². The van der Waals surface area contributed by atoms with E-state index < -0.39 is 5.97 Å². The van der Waals surface area contributed by atoms with Crippen LogP contribution in [-0.4, -0.2) is 11.1 Å². The van der Waals surface area contributed by atoms with Crippen molar-refractivity contribution in [3.63, 3.8) is 0 Å². The Morgan fingerprint density at radius 1 is 1.06 bits per heavy atom. The first kappa shape index (κ1) is 13.6. The molecule has 2 aromatic rings. The summed E-state index contributed by atoms with van der Waals surface area (Å²) in [5, 5.41) is 7.42. The van der Waals surface area contributed by atoms with Crippen molar-refractivity contribution in [1.82, 2.24) is 0 Å². The van der Waals surface area contributed by atoms with Gasteiger partial charge in [-0.2, -0.15) is 0 Å². The zero-order valence-corrected chi connectivity index (χ0v) is 10.1. The highest BCUT2D eigenvalue weighted by Gasteiger charge is 2.01. The average Bonchev–Trinajstić information content (AvgIpc) is 2.33. The Bertz CT molecular complexity index is 521. The van der Waals surface area contributed by atoms with E-state index in [9.17, 15) is 0 Å². The van der Waals surface area contributed by atoms with Gasteiger partial charge in [0, 0.05) is 23.9 Å². The fraction of sp³-hybridized carbons (Fsp3) is 0.0714. The summed E-state index contributed by atoms with van der Waals surface area (Å²) >= 11 is 0. The molecule has 4 nitrogen and oxygen atoms in total. The lowest BCUT2D eigenvalue weighted by Crippen LogP contribution is -1.92. The number of anilines is 2. The molecule has 0 atom stereocenters. The van der Waals surface area contributed by atoms with E-state index in [2.05, 4.69) is 0 Å². The molecule has 0 aliphatic rings. The van der Waals surface area contributed by atoms with E-state index in [-0.39, 0.29) is 0 Å². The quantitative estimate of drug-likeness (QED) is 0.673. The predicted molar refractivity (Wildman–Crippen MR) is 74.0 cm³/mol. The summed E-state index contributed by atoms with van der Waals surface area (Å²) in [5.41, 5.74) is 15.2. The van der Waals surface area contributed by atoms with Gasteiger partial charge in [-0.3, -0.25) is 4.79 Å². The summed E-state index contributed by atoms with van der Waals surface area (Å²) in [4.78, 5) is 9.00. The predicted octanol–water partition coefficient (Wildman–Crippen LogP) is 2.61. The van der Waals surface area contributed by atoms with Gasteiger partial charge in [0.1, 0.15) is 0 Å². The first-order valence-electron chi connectivity index (χ1n) is 5.40. The summed E-state index contributed by atoms with van der Waals surface area (Å²) < 4.78 is 0. The number of hydrogen-bond acceptors (Lipinski definition) is 3. The van der Waals surface area contributed by atoms with Gasteiger partial charge in [-0.15, -0.1) is 0 Å². The summed E-state index contributed by atoms with van der Waals surface area (Å²) in [6.07, 6.45) is 0. The van der Waals surface area contributed by atoms with Crippen molar-refractivity contribution in [2.75, 3.05) is 11.5 Å². The second kappa shape index (κ2) is 6.30. The van der Waals surface area contributed by atoms with Crippen molar-refractivity contribution >= 4 is 17.3 Å². The van der Waals surface area contributed by atoms with Gasteiger partial charge in [-0.25, -0.2) is 0 Å². The summed E-state index contributed by atoms with van der Waals surface area (Å²) in [6, 6.07) is 15.5. The smallest absolute Gasteiger partial charge is 0.300 e. The van der Waals surface area contributed by atoms with Crippen molar-refractivity contribution < 1.29 is 9.90 Å². The lowest BCUT2D eigenvalue weighted by molar-refractivity contribution is -0.134. The summed E-state index contributed by atoms with van der Waals surface area (Å²) in [5.74, 6) is -0.833. The molecule has 0 aromatic heterocycles. The normalized spacial score (nSPS) is 9.17. The van der Waals surface area contributed by atoms with Gasteiger partial charge >= 0.3 is 0 Å². The number of nitrogens with two attached hydrogens (primary N) is 2. The molecule has 0 radical (unpaired) electrons. The number of rotatable bonds is 1. The first-order chi connectivity index (χ1) is 8.50. The summed E-state index contributed by atoms with van der Waals surface area (Å²) in [6.45, 7) is 1.08. The minimum absolute atomic E-state index is 0.734. The maximum Gasteiger partial charge on any atom is 0.300 e. The van der Waals surface area contributed by atoms with E-state index in [1.165, 1.54) is 0 Å². The number of carbonyl (C=O) groups is 1. The molecule has 0 heterocycles. The van der Waals surface area contributed by atoms with Crippen molar-refractivity contribution in [1.29, 1.82) is 0 Å². The molecule has 0 saturated carbocycles.